The third-order valence-corrected chi connectivity index (χ3v) is 5.36. The number of hydrogen-bond acceptors (Lipinski definition) is 6. The maximum absolute atomic E-state index is 13.6. The molecule has 0 amide bonds. The number of H-pyrrole nitrogens is 1. The second-order valence-corrected chi connectivity index (χ2v) is 8.25. The zero-order valence-corrected chi connectivity index (χ0v) is 19.5. The van der Waals surface area contributed by atoms with Gasteiger partial charge in [-0.1, -0.05) is 17.7 Å². The van der Waals surface area contributed by atoms with Crippen molar-refractivity contribution in [2.45, 2.75) is 19.6 Å². The van der Waals surface area contributed by atoms with E-state index in [1.165, 1.54) is 37.3 Å². The lowest BCUT2D eigenvalue weighted by Gasteiger charge is -2.15. The maximum Gasteiger partial charge on any atom is 0.437 e. The van der Waals surface area contributed by atoms with Crippen molar-refractivity contribution in [2.75, 3.05) is 0 Å². The van der Waals surface area contributed by atoms with Crippen LogP contribution in [0, 0.1) is 24.1 Å². The zero-order valence-electron chi connectivity index (χ0n) is 18.7. The summed E-state index contributed by atoms with van der Waals surface area (Å²) in [5.74, 6) is -1.88. The van der Waals surface area contributed by atoms with Gasteiger partial charge in [0.25, 0.3) is 11.1 Å². The Balaban J connectivity index is 1.77. The van der Waals surface area contributed by atoms with E-state index in [0.717, 1.165) is 16.7 Å². The first-order valence-corrected chi connectivity index (χ1v) is 10.7. The fraction of sp³-hybridized carbons (Fsp3) is 0.125. The molecule has 0 fully saturated rings. The number of benzene rings is 2. The molecule has 0 radical (unpaired) electrons. The van der Waals surface area contributed by atoms with Gasteiger partial charge in [0.05, 0.1) is 35.8 Å². The molecule has 188 valence electrons. The lowest BCUT2D eigenvalue weighted by atomic mass is 10.0. The second-order valence-electron chi connectivity index (χ2n) is 7.81. The van der Waals surface area contributed by atoms with Crippen molar-refractivity contribution in [3.8, 4) is 28.7 Å². The number of aromatic nitrogens is 4. The summed E-state index contributed by atoms with van der Waals surface area (Å²) in [6, 6.07) is 10.6. The zero-order chi connectivity index (χ0) is 26.9. The van der Waals surface area contributed by atoms with Crippen molar-refractivity contribution < 1.29 is 22.3 Å². The quantitative estimate of drug-likeness (QED) is 0.369. The molecule has 37 heavy (non-hydrogen) atoms. The van der Waals surface area contributed by atoms with Gasteiger partial charge in [0.2, 0.25) is 5.75 Å². The first-order chi connectivity index (χ1) is 17.5. The first kappa shape index (κ1) is 25.6. The van der Waals surface area contributed by atoms with E-state index in [9.17, 15) is 27.2 Å². The van der Waals surface area contributed by atoms with Gasteiger partial charge in [-0.3, -0.25) is 14.2 Å². The van der Waals surface area contributed by atoms with Gasteiger partial charge in [-0.25, -0.2) is 14.5 Å². The van der Waals surface area contributed by atoms with E-state index < -0.39 is 34.6 Å². The molecule has 0 unspecified atom stereocenters. The third kappa shape index (κ3) is 5.52. The number of aryl methyl sites for hydroxylation is 1. The van der Waals surface area contributed by atoms with E-state index in [1.54, 1.807) is 6.07 Å². The Hall–Kier alpha value is -4.50. The topological polar surface area (TPSA) is 114 Å². The molecule has 0 bridgehead atoms. The molecule has 2 aromatic carbocycles. The monoisotopic (exact) mass is 531 g/mol. The lowest BCUT2D eigenvalue weighted by molar-refractivity contribution is -0.142. The van der Waals surface area contributed by atoms with Crippen molar-refractivity contribution in [1.29, 1.82) is 5.26 Å². The van der Waals surface area contributed by atoms with Crippen LogP contribution in [-0.4, -0.2) is 19.7 Å². The molecule has 13 heteroatoms. The fourth-order valence-corrected chi connectivity index (χ4v) is 3.64. The number of nitriles is 1. The van der Waals surface area contributed by atoms with E-state index in [2.05, 4.69) is 15.2 Å². The average Bonchev–Trinajstić information content (AvgIpc) is 2.83. The molecule has 8 nitrogen and oxygen atoms in total. The molecule has 2 heterocycles. The largest absolute Gasteiger partial charge is 0.449 e. The van der Waals surface area contributed by atoms with Gasteiger partial charge in [-0.05, 0) is 54.4 Å². The maximum atomic E-state index is 13.6. The van der Waals surface area contributed by atoms with Crippen LogP contribution in [0.4, 0.5) is 17.6 Å². The van der Waals surface area contributed by atoms with Crippen LogP contribution >= 0.6 is 11.6 Å². The highest BCUT2D eigenvalue weighted by atomic mass is 35.5. The van der Waals surface area contributed by atoms with E-state index in [0.29, 0.717) is 17.5 Å². The number of alkyl halides is 3. The number of nitrogens with one attached hydrogen (secondary N) is 1. The van der Waals surface area contributed by atoms with Gasteiger partial charge in [0.15, 0.2) is 5.69 Å². The summed E-state index contributed by atoms with van der Waals surface area (Å²) in [5, 5.41) is 15.2. The minimum Gasteiger partial charge on any atom is -0.449 e. The number of rotatable bonds is 5. The Morgan fingerprint density at radius 3 is 2.59 bits per heavy atom. The summed E-state index contributed by atoms with van der Waals surface area (Å²) in [5.41, 5.74) is -2.49. The van der Waals surface area contributed by atoms with Crippen molar-refractivity contribution in [2.24, 2.45) is 0 Å². The fourth-order valence-electron chi connectivity index (χ4n) is 3.41. The van der Waals surface area contributed by atoms with Gasteiger partial charge < -0.3 is 4.74 Å². The van der Waals surface area contributed by atoms with Crippen LogP contribution in [0.1, 0.15) is 22.5 Å². The van der Waals surface area contributed by atoms with Gasteiger partial charge in [0.1, 0.15) is 11.6 Å². The number of aromatic amines is 1. The molecule has 0 atom stereocenters. The molecule has 0 saturated carbocycles. The normalized spacial score (nSPS) is 11.3. The van der Waals surface area contributed by atoms with Gasteiger partial charge in [0, 0.05) is 5.02 Å². The Labute approximate surface area is 210 Å². The summed E-state index contributed by atoms with van der Waals surface area (Å²) in [6.07, 6.45) is -4.36. The highest BCUT2D eigenvalue weighted by Gasteiger charge is 2.38. The molecule has 4 rings (SSSR count). The molecule has 0 spiro atoms. The molecule has 0 saturated heterocycles. The van der Waals surface area contributed by atoms with Crippen molar-refractivity contribution >= 4 is 11.6 Å². The van der Waals surface area contributed by atoms with Gasteiger partial charge in [-0.2, -0.15) is 23.5 Å². The summed E-state index contributed by atoms with van der Waals surface area (Å²) < 4.78 is 60.5. The molecule has 0 aliphatic heterocycles. The van der Waals surface area contributed by atoms with Crippen molar-refractivity contribution in [3.05, 3.63) is 103 Å². The molecule has 2 aromatic heterocycles. The first-order valence-electron chi connectivity index (χ1n) is 10.4. The van der Waals surface area contributed by atoms with Crippen molar-refractivity contribution in [3.63, 3.8) is 0 Å². The minimum absolute atomic E-state index is 0.00118. The minimum atomic E-state index is -5.03. The third-order valence-electron chi connectivity index (χ3n) is 5.14. The van der Waals surface area contributed by atoms with Crippen LogP contribution in [0.25, 0.3) is 11.1 Å². The van der Waals surface area contributed by atoms with Crippen LogP contribution in [0.15, 0.2) is 58.4 Å². The number of ether oxygens (including phenoxy) is 1. The highest BCUT2D eigenvalue weighted by Crippen LogP contribution is 2.35. The van der Waals surface area contributed by atoms with E-state index in [1.807, 2.05) is 0 Å². The molecule has 4 aromatic rings. The summed E-state index contributed by atoms with van der Waals surface area (Å²) in [6.45, 7) is 1.13. The van der Waals surface area contributed by atoms with Crippen LogP contribution < -0.4 is 15.9 Å². The SMILES string of the molecule is Cc1cc(-c2cc(Cn3cnc(C(F)(F)F)c(Oc4cc(Cl)cc(C#N)c4)c3=O)n[nH]c2=O)ccc1F. The standard InChI is InChI=1S/C24H14ClF4N5O3/c1-12-4-14(2-3-19(12)26)18-8-16(32-33-22(18)35)10-34-11-31-21(24(27,28)29)20(23(34)36)37-17-6-13(9-30)5-15(25)7-17/h2-8,11H,10H2,1H3,(H,33,35). The predicted molar refractivity (Wildman–Crippen MR) is 124 cm³/mol. The summed E-state index contributed by atoms with van der Waals surface area (Å²) in [4.78, 5) is 28.7. The van der Waals surface area contributed by atoms with E-state index in [-0.39, 0.29) is 34.1 Å². The second kappa shape index (κ2) is 9.87. The lowest BCUT2D eigenvalue weighted by Crippen LogP contribution is -2.27. The molecule has 0 aliphatic carbocycles. The molecule has 1 N–H and O–H groups in total. The highest BCUT2D eigenvalue weighted by molar-refractivity contribution is 6.30. The van der Waals surface area contributed by atoms with Crippen molar-refractivity contribution in [1.82, 2.24) is 19.7 Å². The number of hydrogen-bond donors (Lipinski definition) is 1. The molecule has 0 aliphatic rings. The average molecular weight is 532 g/mol. The van der Waals surface area contributed by atoms with Crippen LogP contribution in [0.2, 0.25) is 5.02 Å². The van der Waals surface area contributed by atoms with E-state index in [4.69, 9.17) is 21.6 Å². The van der Waals surface area contributed by atoms with Gasteiger partial charge >= 0.3 is 6.18 Å². The number of halogens is 5. The van der Waals surface area contributed by atoms with Gasteiger partial charge in [-0.15, -0.1) is 0 Å². The van der Waals surface area contributed by atoms with Crippen LogP contribution in [-0.2, 0) is 12.7 Å². The Bertz CT molecular complexity index is 1680. The summed E-state index contributed by atoms with van der Waals surface area (Å²) >= 11 is 5.89. The van der Waals surface area contributed by atoms with Crippen LogP contribution in [0.5, 0.6) is 11.5 Å². The molecular weight excluding hydrogens is 518 g/mol. The number of nitrogens with zero attached hydrogens (tertiary/aromatic N) is 4. The predicted octanol–water partition coefficient (Wildman–Crippen LogP) is 4.83. The van der Waals surface area contributed by atoms with E-state index >= 15 is 0 Å². The Morgan fingerprint density at radius 1 is 1.16 bits per heavy atom. The Kier molecular flexibility index (Phi) is 6.82. The summed E-state index contributed by atoms with van der Waals surface area (Å²) in [7, 11) is 0. The Morgan fingerprint density at radius 2 is 1.92 bits per heavy atom. The molecular formula is C24H14ClF4N5O3. The van der Waals surface area contributed by atoms with Crippen LogP contribution in [0.3, 0.4) is 0 Å². The smallest absolute Gasteiger partial charge is 0.437 e.